The van der Waals surface area contributed by atoms with Crippen LogP contribution in [0.25, 0.3) is 0 Å². The van der Waals surface area contributed by atoms with Crippen LogP contribution >= 0.6 is 0 Å². The maximum atomic E-state index is 10.7. The first-order valence-corrected chi connectivity index (χ1v) is 6.05. The highest BCUT2D eigenvalue weighted by molar-refractivity contribution is 5.75. The Bertz CT molecular complexity index is 194. The molecule has 1 atom stereocenters. The first-order chi connectivity index (χ1) is 7.22. The Morgan fingerprint density at radius 2 is 2.27 bits per heavy atom. The molecule has 0 aromatic carbocycles. The lowest BCUT2D eigenvalue weighted by Gasteiger charge is -2.31. The number of nitrogens with zero attached hydrogens (tertiary/aromatic N) is 1. The lowest BCUT2D eigenvalue weighted by Crippen LogP contribution is -2.37. The number of ketones is 1. The molecule has 0 aromatic rings. The van der Waals surface area contributed by atoms with Gasteiger partial charge in [0.25, 0.3) is 0 Å². The lowest BCUT2D eigenvalue weighted by atomic mass is 9.99. The fourth-order valence-electron chi connectivity index (χ4n) is 2.21. The predicted molar refractivity (Wildman–Crippen MR) is 60.8 cm³/mol. The SMILES string of the molecule is CC(=O)CCCCN1CCCC(CO)C1. The molecule has 1 unspecified atom stereocenters. The molecule has 0 aromatic heterocycles. The minimum atomic E-state index is 0.293. The highest BCUT2D eigenvalue weighted by Gasteiger charge is 2.18. The molecule has 1 heterocycles. The molecule has 0 radical (unpaired) electrons. The standard InChI is InChI=1S/C12H23NO2/c1-11(15)5-2-3-7-13-8-4-6-12(9-13)10-14/h12,14H,2-10H2,1H3. The summed E-state index contributed by atoms with van der Waals surface area (Å²) < 4.78 is 0. The zero-order valence-corrected chi connectivity index (χ0v) is 9.74. The quantitative estimate of drug-likeness (QED) is 0.679. The van der Waals surface area contributed by atoms with Gasteiger partial charge in [-0.1, -0.05) is 0 Å². The van der Waals surface area contributed by atoms with Gasteiger partial charge in [-0.15, -0.1) is 0 Å². The smallest absolute Gasteiger partial charge is 0.129 e. The van der Waals surface area contributed by atoms with Gasteiger partial charge >= 0.3 is 0 Å². The number of hydrogen-bond acceptors (Lipinski definition) is 3. The average molecular weight is 213 g/mol. The minimum absolute atomic E-state index is 0.293. The van der Waals surface area contributed by atoms with Gasteiger partial charge in [0.2, 0.25) is 0 Å². The van der Waals surface area contributed by atoms with E-state index in [1.165, 1.54) is 12.8 Å². The van der Waals surface area contributed by atoms with Crippen LogP contribution < -0.4 is 0 Å². The van der Waals surface area contributed by atoms with E-state index in [1.807, 2.05) is 0 Å². The van der Waals surface area contributed by atoms with Gasteiger partial charge in [0, 0.05) is 19.6 Å². The van der Waals surface area contributed by atoms with Crippen molar-refractivity contribution >= 4 is 5.78 Å². The topological polar surface area (TPSA) is 40.5 Å². The van der Waals surface area contributed by atoms with E-state index >= 15 is 0 Å². The predicted octanol–water partition coefficient (Wildman–Crippen LogP) is 1.45. The number of aliphatic hydroxyl groups is 1. The third-order valence-corrected chi connectivity index (χ3v) is 3.11. The molecule has 0 amide bonds. The van der Waals surface area contributed by atoms with Crippen LogP contribution in [0.4, 0.5) is 0 Å². The van der Waals surface area contributed by atoms with Crippen LogP contribution in [0.15, 0.2) is 0 Å². The lowest BCUT2D eigenvalue weighted by molar-refractivity contribution is -0.117. The van der Waals surface area contributed by atoms with Crippen molar-refractivity contribution in [1.29, 1.82) is 0 Å². The second-order valence-electron chi connectivity index (χ2n) is 4.65. The summed E-state index contributed by atoms with van der Waals surface area (Å²) in [7, 11) is 0. The van der Waals surface area contributed by atoms with Gasteiger partial charge in [-0.3, -0.25) is 0 Å². The van der Waals surface area contributed by atoms with E-state index in [-0.39, 0.29) is 0 Å². The average Bonchev–Trinajstić information content (AvgIpc) is 2.24. The van der Waals surface area contributed by atoms with E-state index in [9.17, 15) is 4.79 Å². The fraction of sp³-hybridized carbons (Fsp3) is 0.917. The van der Waals surface area contributed by atoms with Crippen LogP contribution in [-0.4, -0.2) is 42.0 Å². The summed E-state index contributed by atoms with van der Waals surface area (Å²) in [5.41, 5.74) is 0. The number of aliphatic hydroxyl groups excluding tert-OH is 1. The number of piperidine rings is 1. The molecule has 0 spiro atoms. The van der Waals surface area contributed by atoms with Crippen LogP contribution in [0.2, 0.25) is 0 Å². The number of carbonyl (C=O) groups is 1. The van der Waals surface area contributed by atoms with Crippen molar-refractivity contribution in [3.05, 3.63) is 0 Å². The molecule has 1 rings (SSSR count). The van der Waals surface area contributed by atoms with Crippen molar-refractivity contribution < 1.29 is 9.90 Å². The molecule has 0 saturated carbocycles. The Morgan fingerprint density at radius 3 is 2.93 bits per heavy atom. The number of carbonyl (C=O) groups excluding carboxylic acids is 1. The van der Waals surface area contributed by atoms with Crippen molar-refractivity contribution in [2.75, 3.05) is 26.2 Å². The van der Waals surface area contributed by atoms with E-state index in [2.05, 4.69) is 4.90 Å². The van der Waals surface area contributed by atoms with Gasteiger partial charge in [-0.25, -0.2) is 0 Å². The largest absolute Gasteiger partial charge is 0.396 e. The van der Waals surface area contributed by atoms with Crippen LogP contribution in [0.1, 0.15) is 39.0 Å². The van der Waals surface area contributed by atoms with Gasteiger partial charge in [0.1, 0.15) is 5.78 Å². The first kappa shape index (κ1) is 12.7. The highest BCUT2D eigenvalue weighted by atomic mass is 16.3. The Kier molecular flexibility index (Phi) is 5.88. The molecule has 1 N–H and O–H groups in total. The van der Waals surface area contributed by atoms with Gasteiger partial charge in [-0.05, 0) is 51.6 Å². The molecule has 3 nitrogen and oxygen atoms in total. The summed E-state index contributed by atoms with van der Waals surface area (Å²) >= 11 is 0. The Labute approximate surface area is 92.5 Å². The summed E-state index contributed by atoms with van der Waals surface area (Å²) in [5, 5.41) is 9.08. The van der Waals surface area contributed by atoms with Crippen LogP contribution in [0.5, 0.6) is 0 Å². The summed E-state index contributed by atoms with van der Waals surface area (Å²) in [6, 6.07) is 0. The van der Waals surface area contributed by atoms with Gasteiger partial charge in [0.15, 0.2) is 0 Å². The first-order valence-electron chi connectivity index (χ1n) is 6.05. The summed E-state index contributed by atoms with van der Waals surface area (Å²) in [6.07, 6.45) is 5.21. The second kappa shape index (κ2) is 6.96. The second-order valence-corrected chi connectivity index (χ2v) is 4.65. The fourth-order valence-corrected chi connectivity index (χ4v) is 2.21. The van der Waals surface area contributed by atoms with E-state index < -0.39 is 0 Å². The van der Waals surface area contributed by atoms with Gasteiger partial charge in [0.05, 0.1) is 0 Å². The molecular weight excluding hydrogens is 190 g/mol. The third kappa shape index (κ3) is 5.28. The molecule has 1 aliphatic heterocycles. The molecule has 1 aliphatic rings. The number of rotatable bonds is 6. The van der Waals surface area contributed by atoms with E-state index in [1.54, 1.807) is 6.92 Å². The number of Topliss-reactive ketones (excluding diaryl/α,β-unsaturated/α-hetero) is 1. The molecule has 0 aliphatic carbocycles. The Balaban J connectivity index is 2.07. The van der Waals surface area contributed by atoms with Crippen LogP contribution in [0.3, 0.4) is 0 Å². The summed E-state index contributed by atoms with van der Waals surface area (Å²) in [6.45, 7) is 5.27. The molecular formula is C12H23NO2. The summed E-state index contributed by atoms with van der Waals surface area (Å²) in [4.78, 5) is 13.2. The monoisotopic (exact) mass is 213 g/mol. The normalized spacial score (nSPS) is 22.9. The maximum absolute atomic E-state index is 10.7. The van der Waals surface area contributed by atoms with Crippen molar-refractivity contribution in [1.82, 2.24) is 4.90 Å². The third-order valence-electron chi connectivity index (χ3n) is 3.11. The van der Waals surface area contributed by atoms with Crippen molar-refractivity contribution in [2.45, 2.75) is 39.0 Å². The Hall–Kier alpha value is -0.410. The van der Waals surface area contributed by atoms with E-state index in [0.29, 0.717) is 18.3 Å². The molecule has 15 heavy (non-hydrogen) atoms. The molecule has 1 saturated heterocycles. The number of hydrogen-bond donors (Lipinski definition) is 1. The highest BCUT2D eigenvalue weighted by Crippen LogP contribution is 2.16. The van der Waals surface area contributed by atoms with E-state index in [4.69, 9.17) is 5.11 Å². The summed E-state index contributed by atoms with van der Waals surface area (Å²) in [5.74, 6) is 0.772. The van der Waals surface area contributed by atoms with Gasteiger partial charge in [-0.2, -0.15) is 0 Å². The molecule has 1 fully saturated rings. The van der Waals surface area contributed by atoms with Crippen molar-refractivity contribution in [3.8, 4) is 0 Å². The van der Waals surface area contributed by atoms with Crippen LogP contribution in [0, 0.1) is 5.92 Å². The molecule has 88 valence electrons. The molecule has 0 bridgehead atoms. The number of unbranched alkanes of at least 4 members (excludes halogenated alkanes) is 1. The van der Waals surface area contributed by atoms with Crippen LogP contribution in [-0.2, 0) is 4.79 Å². The van der Waals surface area contributed by atoms with Gasteiger partial charge < -0.3 is 14.8 Å². The molecule has 3 heteroatoms. The van der Waals surface area contributed by atoms with E-state index in [0.717, 1.165) is 38.9 Å². The Morgan fingerprint density at radius 1 is 1.47 bits per heavy atom. The zero-order valence-electron chi connectivity index (χ0n) is 9.74. The van der Waals surface area contributed by atoms with Crippen molar-refractivity contribution in [2.24, 2.45) is 5.92 Å². The zero-order chi connectivity index (χ0) is 11.1. The maximum Gasteiger partial charge on any atom is 0.129 e. The minimum Gasteiger partial charge on any atom is -0.396 e. The number of likely N-dealkylation sites (tertiary alicyclic amines) is 1. The van der Waals surface area contributed by atoms with Crippen molar-refractivity contribution in [3.63, 3.8) is 0 Å².